The van der Waals surface area contributed by atoms with Crippen LogP contribution in [0.25, 0.3) is 0 Å². The molecule has 1 fully saturated rings. The van der Waals surface area contributed by atoms with Crippen molar-refractivity contribution in [2.75, 3.05) is 11.6 Å². The highest BCUT2D eigenvalue weighted by Gasteiger charge is 2.24. The molecule has 7 heteroatoms. The summed E-state index contributed by atoms with van der Waals surface area (Å²) in [4.78, 5) is 48.4. The Balaban J connectivity index is 1.64. The first-order valence-electron chi connectivity index (χ1n) is 9.97. The quantitative estimate of drug-likeness (QED) is 0.562. The summed E-state index contributed by atoms with van der Waals surface area (Å²) in [5.74, 6) is -1.34. The number of nitrogens with zero attached hydrogens (tertiary/aromatic N) is 1. The highest BCUT2D eigenvalue weighted by molar-refractivity contribution is 6.02. The number of esters is 1. The summed E-state index contributed by atoms with van der Waals surface area (Å²) in [5.41, 5.74) is 5.75. The Hall–Kier alpha value is -3.48. The van der Waals surface area contributed by atoms with Gasteiger partial charge in [0.05, 0.1) is 11.3 Å². The molecule has 1 aliphatic rings. The molecular formula is C23H24N2O5. The van der Waals surface area contributed by atoms with Gasteiger partial charge in [0.2, 0.25) is 17.6 Å². The summed E-state index contributed by atoms with van der Waals surface area (Å²) < 4.78 is 5.20. The number of nitrogens with one attached hydrogen (secondary N) is 1. The van der Waals surface area contributed by atoms with Crippen molar-refractivity contribution in [2.45, 2.75) is 39.5 Å². The van der Waals surface area contributed by atoms with E-state index in [4.69, 9.17) is 4.74 Å². The van der Waals surface area contributed by atoms with Crippen LogP contribution in [0.1, 0.15) is 58.5 Å². The van der Waals surface area contributed by atoms with Crippen molar-refractivity contribution < 1.29 is 23.9 Å². The first-order chi connectivity index (χ1) is 14.4. The van der Waals surface area contributed by atoms with Gasteiger partial charge in [-0.1, -0.05) is 26.0 Å². The topological polar surface area (TPSA) is 92.8 Å². The summed E-state index contributed by atoms with van der Waals surface area (Å²) in [6.07, 6.45) is 1.83. The average molecular weight is 408 g/mol. The van der Waals surface area contributed by atoms with Crippen LogP contribution >= 0.6 is 0 Å². The minimum Gasteiger partial charge on any atom is -0.454 e. The molecule has 2 amide bonds. The second-order valence-corrected chi connectivity index (χ2v) is 7.01. The van der Waals surface area contributed by atoms with Crippen LogP contribution in [0.4, 0.5) is 5.69 Å². The van der Waals surface area contributed by atoms with E-state index in [0.29, 0.717) is 17.7 Å². The van der Waals surface area contributed by atoms with E-state index in [1.807, 2.05) is 32.0 Å². The van der Waals surface area contributed by atoms with Crippen molar-refractivity contribution in [3.05, 3.63) is 64.7 Å². The number of Topliss-reactive ketones (excluding diaryl/α,β-unsaturated/α-hetero) is 1. The fourth-order valence-corrected chi connectivity index (χ4v) is 3.23. The normalized spacial score (nSPS) is 13.7. The van der Waals surface area contributed by atoms with Gasteiger partial charge in [0, 0.05) is 18.4 Å². The number of hydrogen-bond acceptors (Lipinski definition) is 5. The summed E-state index contributed by atoms with van der Waals surface area (Å²) in [5, 5.41) is 1.16. The zero-order valence-corrected chi connectivity index (χ0v) is 17.1. The summed E-state index contributed by atoms with van der Waals surface area (Å²) in [6.45, 7) is 3.64. The molecule has 1 saturated heterocycles. The zero-order valence-electron chi connectivity index (χ0n) is 17.1. The summed E-state index contributed by atoms with van der Waals surface area (Å²) in [6, 6.07) is 11.9. The number of ketones is 1. The minimum absolute atomic E-state index is 0.136. The van der Waals surface area contributed by atoms with Crippen molar-refractivity contribution in [1.29, 1.82) is 0 Å². The molecule has 0 spiro atoms. The summed E-state index contributed by atoms with van der Waals surface area (Å²) in [7, 11) is 0. The Morgan fingerprint density at radius 3 is 2.40 bits per heavy atom. The van der Waals surface area contributed by atoms with Gasteiger partial charge < -0.3 is 4.74 Å². The van der Waals surface area contributed by atoms with E-state index >= 15 is 0 Å². The van der Waals surface area contributed by atoms with Crippen LogP contribution in [-0.4, -0.2) is 30.2 Å². The third-order valence-electron chi connectivity index (χ3n) is 5.01. The number of rotatable bonds is 7. The van der Waals surface area contributed by atoms with Gasteiger partial charge >= 0.3 is 5.97 Å². The first kappa shape index (κ1) is 21.2. The molecular weight excluding hydrogens is 384 g/mol. The SMILES string of the molecule is CCc1ccc(CC)c(C(=O)COC(=O)c2ccc(N3NC(=O)CCC3=O)cc2)c1. The predicted octanol–water partition coefficient (Wildman–Crippen LogP) is 3.01. The first-order valence-corrected chi connectivity index (χ1v) is 9.97. The van der Waals surface area contributed by atoms with Crippen LogP contribution < -0.4 is 10.4 Å². The molecule has 1 heterocycles. The van der Waals surface area contributed by atoms with E-state index in [9.17, 15) is 19.2 Å². The van der Waals surface area contributed by atoms with Gasteiger partial charge in [-0.25, -0.2) is 9.80 Å². The Morgan fingerprint density at radius 2 is 1.73 bits per heavy atom. The number of carbonyl (C=O) groups is 4. The monoisotopic (exact) mass is 408 g/mol. The third kappa shape index (κ3) is 4.74. The molecule has 0 unspecified atom stereocenters. The average Bonchev–Trinajstić information content (AvgIpc) is 2.78. The van der Waals surface area contributed by atoms with Gasteiger partial charge in [-0.15, -0.1) is 0 Å². The number of hydrazine groups is 1. The van der Waals surface area contributed by atoms with E-state index in [2.05, 4.69) is 5.43 Å². The van der Waals surface area contributed by atoms with Crippen molar-refractivity contribution >= 4 is 29.3 Å². The molecule has 7 nitrogen and oxygen atoms in total. The molecule has 0 aromatic heterocycles. The number of ether oxygens (including phenoxy) is 1. The van der Waals surface area contributed by atoms with Gasteiger partial charge in [0.15, 0.2) is 6.61 Å². The number of benzene rings is 2. The highest BCUT2D eigenvalue weighted by atomic mass is 16.5. The maximum atomic E-state index is 12.6. The Labute approximate surface area is 175 Å². The molecule has 0 saturated carbocycles. The Morgan fingerprint density at radius 1 is 1.00 bits per heavy atom. The molecule has 0 atom stereocenters. The maximum absolute atomic E-state index is 12.6. The van der Waals surface area contributed by atoms with E-state index in [1.54, 1.807) is 12.1 Å². The predicted molar refractivity (Wildman–Crippen MR) is 111 cm³/mol. The van der Waals surface area contributed by atoms with Crippen LogP contribution in [0.2, 0.25) is 0 Å². The van der Waals surface area contributed by atoms with Crippen LogP contribution in [0, 0.1) is 0 Å². The van der Waals surface area contributed by atoms with E-state index in [0.717, 1.165) is 22.6 Å². The Kier molecular flexibility index (Phi) is 6.61. The largest absolute Gasteiger partial charge is 0.454 e. The van der Waals surface area contributed by atoms with Crippen LogP contribution in [-0.2, 0) is 27.2 Å². The van der Waals surface area contributed by atoms with E-state index in [-0.39, 0.29) is 42.6 Å². The van der Waals surface area contributed by atoms with E-state index in [1.165, 1.54) is 12.1 Å². The van der Waals surface area contributed by atoms with Crippen LogP contribution in [0.3, 0.4) is 0 Å². The number of amides is 2. The highest BCUT2D eigenvalue weighted by Crippen LogP contribution is 2.19. The minimum atomic E-state index is -0.631. The molecule has 0 radical (unpaired) electrons. The van der Waals surface area contributed by atoms with Crippen LogP contribution in [0.5, 0.6) is 0 Å². The lowest BCUT2D eigenvalue weighted by molar-refractivity contribution is -0.130. The number of anilines is 1. The molecule has 2 aromatic rings. The zero-order chi connectivity index (χ0) is 21.7. The number of carbonyl (C=O) groups excluding carboxylic acids is 4. The van der Waals surface area contributed by atoms with Crippen molar-refractivity contribution in [3.63, 3.8) is 0 Å². The van der Waals surface area contributed by atoms with Crippen molar-refractivity contribution in [2.24, 2.45) is 0 Å². The molecule has 0 bridgehead atoms. The molecule has 156 valence electrons. The smallest absolute Gasteiger partial charge is 0.338 e. The molecule has 1 aliphatic heterocycles. The maximum Gasteiger partial charge on any atom is 0.338 e. The standard InChI is InChI=1S/C23H24N2O5/c1-3-15-5-6-16(4-2)19(13-15)20(26)14-30-23(29)17-7-9-18(10-8-17)25-22(28)12-11-21(27)24-25/h5-10,13H,3-4,11-12,14H2,1-2H3,(H,24,27). The van der Waals surface area contributed by atoms with E-state index < -0.39 is 5.97 Å². The fraction of sp³-hybridized carbons (Fsp3) is 0.304. The Bertz CT molecular complexity index is 982. The lowest BCUT2D eigenvalue weighted by Crippen LogP contribution is -2.50. The number of hydrogen-bond donors (Lipinski definition) is 1. The van der Waals surface area contributed by atoms with Crippen molar-refractivity contribution in [1.82, 2.24) is 5.43 Å². The lowest BCUT2D eigenvalue weighted by Gasteiger charge is -2.27. The molecule has 30 heavy (non-hydrogen) atoms. The molecule has 2 aromatic carbocycles. The number of aryl methyl sites for hydroxylation is 2. The van der Waals surface area contributed by atoms with Crippen molar-refractivity contribution in [3.8, 4) is 0 Å². The molecule has 0 aliphatic carbocycles. The van der Waals surface area contributed by atoms with Crippen LogP contribution in [0.15, 0.2) is 42.5 Å². The molecule has 1 N–H and O–H groups in total. The second-order valence-electron chi connectivity index (χ2n) is 7.01. The fourth-order valence-electron chi connectivity index (χ4n) is 3.23. The second kappa shape index (κ2) is 9.35. The van der Waals surface area contributed by atoms with Gasteiger partial charge in [-0.3, -0.25) is 19.8 Å². The summed E-state index contributed by atoms with van der Waals surface area (Å²) >= 11 is 0. The van der Waals surface area contributed by atoms with Gasteiger partial charge in [0.1, 0.15) is 0 Å². The third-order valence-corrected chi connectivity index (χ3v) is 5.01. The molecule has 3 rings (SSSR count). The van der Waals surface area contributed by atoms with Gasteiger partial charge in [-0.2, -0.15) is 0 Å². The van der Waals surface area contributed by atoms with Gasteiger partial charge in [0.25, 0.3) is 0 Å². The van der Waals surface area contributed by atoms with Gasteiger partial charge in [-0.05, 0) is 54.3 Å². The lowest BCUT2D eigenvalue weighted by atomic mass is 9.98.